The number of hydrogen-bond donors (Lipinski definition) is 1. The molecule has 0 aliphatic carbocycles. The molecule has 1 N–H and O–H groups in total. The van der Waals surface area contributed by atoms with E-state index in [9.17, 15) is 5.11 Å². The maximum atomic E-state index is 10.6. The number of aliphatic hydroxyl groups is 1. The second-order valence-electron chi connectivity index (χ2n) is 5.53. The highest BCUT2D eigenvalue weighted by atomic mass is 16.3. The number of likely N-dealkylation sites (N-methyl/N-ethyl adjacent to an activating group) is 1. The zero-order valence-electron chi connectivity index (χ0n) is 10.8. The van der Waals surface area contributed by atoms with Gasteiger partial charge in [-0.2, -0.15) is 0 Å². The first-order chi connectivity index (χ1) is 8.66. The van der Waals surface area contributed by atoms with Gasteiger partial charge in [0.25, 0.3) is 0 Å². The number of nitrogens with zero attached hydrogens (tertiary/aromatic N) is 1. The summed E-state index contributed by atoms with van der Waals surface area (Å²) >= 11 is 0. The first kappa shape index (κ1) is 11.7. The van der Waals surface area contributed by atoms with Gasteiger partial charge in [-0.05, 0) is 29.8 Å². The summed E-state index contributed by atoms with van der Waals surface area (Å²) in [7, 11) is 2.07. The summed E-state index contributed by atoms with van der Waals surface area (Å²) in [6, 6.07) is 14.7. The molecule has 2 aromatic carbocycles. The van der Waals surface area contributed by atoms with Crippen LogP contribution >= 0.6 is 0 Å². The third kappa shape index (κ3) is 2.14. The number of rotatable bonds is 2. The second-order valence-corrected chi connectivity index (χ2v) is 5.53. The number of fused-ring (bicyclic) bond motifs is 1. The number of β-amino-alcohol motifs (C(OH)–C–C–N with tert-alkyl or cyclic N) is 1. The Labute approximate surface area is 108 Å². The van der Waals surface area contributed by atoms with Crippen LogP contribution in [-0.4, -0.2) is 35.7 Å². The molecule has 0 bridgehead atoms. The van der Waals surface area contributed by atoms with Crippen LogP contribution in [0.3, 0.4) is 0 Å². The fraction of sp³-hybridized carbons (Fsp3) is 0.375. The van der Waals surface area contributed by atoms with Gasteiger partial charge >= 0.3 is 0 Å². The van der Waals surface area contributed by atoms with Gasteiger partial charge in [0.2, 0.25) is 0 Å². The summed E-state index contributed by atoms with van der Waals surface area (Å²) in [6.07, 6.45) is 1.62. The van der Waals surface area contributed by atoms with Crippen molar-refractivity contribution >= 4 is 10.8 Å². The van der Waals surface area contributed by atoms with Gasteiger partial charge in [-0.25, -0.2) is 0 Å². The van der Waals surface area contributed by atoms with Gasteiger partial charge in [0.1, 0.15) is 0 Å². The maximum absolute atomic E-state index is 10.6. The number of benzene rings is 2. The number of likely N-dealkylation sites (tertiary alicyclic amines) is 1. The Kier molecular flexibility index (Phi) is 2.84. The molecular formula is C16H19NO. The fourth-order valence-corrected chi connectivity index (χ4v) is 3.00. The van der Waals surface area contributed by atoms with E-state index in [4.69, 9.17) is 0 Å². The molecule has 0 aromatic heterocycles. The predicted octanol–water partition coefficient (Wildman–Crippen LogP) is 2.45. The smallest absolute Gasteiger partial charge is 0.0826 e. The van der Waals surface area contributed by atoms with Crippen molar-refractivity contribution in [2.24, 2.45) is 0 Å². The quantitative estimate of drug-likeness (QED) is 0.873. The Hall–Kier alpha value is -1.38. The first-order valence-electron chi connectivity index (χ1n) is 6.54. The summed E-state index contributed by atoms with van der Waals surface area (Å²) in [6.45, 7) is 1.76. The molecule has 0 spiro atoms. The molecule has 1 heterocycles. The lowest BCUT2D eigenvalue weighted by molar-refractivity contribution is 0.0527. The Bertz CT molecular complexity index is 561. The monoisotopic (exact) mass is 241 g/mol. The van der Waals surface area contributed by atoms with Crippen LogP contribution in [0.15, 0.2) is 42.5 Å². The van der Waals surface area contributed by atoms with Gasteiger partial charge < -0.3 is 10.0 Å². The van der Waals surface area contributed by atoms with Crippen molar-refractivity contribution in [3.63, 3.8) is 0 Å². The number of hydrogen-bond acceptors (Lipinski definition) is 2. The molecule has 18 heavy (non-hydrogen) atoms. The van der Waals surface area contributed by atoms with Crippen molar-refractivity contribution < 1.29 is 5.11 Å². The standard InChI is InChI=1S/C16H19NO/c1-17-10-9-16(18,12-17)11-14-7-4-6-13-5-2-3-8-15(13)14/h2-8,18H,9-12H2,1H3. The summed E-state index contributed by atoms with van der Waals surface area (Å²) in [5.41, 5.74) is 0.699. The van der Waals surface area contributed by atoms with E-state index in [0.717, 1.165) is 25.9 Å². The second kappa shape index (κ2) is 4.38. The van der Waals surface area contributed by atoms with Crippen LogP contribution in [0, 0.1) is 0 Å². The van der Waals surface area contributed by atoms with Gasteiger partial charge in [-0.15, -0.1) is 0 Å². The van der Waals surface area contributed by atoms with Gasteiger partial charge in [0.15, 0.2) is 0 Å². The van der Waals surface area contributed by atoms with Crippen molar-refractivity contribution in [1.29, 1.82) is 0 Å². The summed E-state index contributed by atoms with van der Waals surface area (Å²) in [4.78, 5) is 2.20. The predicted molar refractivity (Wildman–Crippen MR) is 74.7 cm³/mol. The molecule has 0 amide bonds. The lowest BCUT2D eigenvalue weighted by atomic mass is 9.91. The van der Waals surface area contributed by atoms with E-state index < -0.39 is 5.60 Å². The molecule has 1 unspecified atom stereocenters. The normalized spacial score (nSPS) is 24.8. The van der Waals surface area contributed by atoms with Crippen molar-refractivity contribution in [2.75, 3.05) is 20.1 Å². The van der Waals surface area contributed by atoms with Crippen LogP contribution in [0.1, 0.15) is 12.0 Å². The Morgan fingerprint density at radius 3 is 2.72 bits per heavy atom. The lowest BCUT2D eigenvalue weighted by Crippen LogP contribution is -2.34. The van der Waals surface area contributed by atoms with Crippen LogP contribution < -0.4 is 0 Å². The zero-order chi connectivity index (χ0) is 12.6. The molecule has 94 valence electrons. The zero-order valence-corrected chi connectivity index (χ0v) is 10.8. The molecule has 2 heteroatoms. The summed E-state index contributed by atoms with van der Waals surface area (Å²) in [5, 5.41) is 13.2. The fourth-order valence-electron chi connectivity index (χ4n) is 3.00. The highest BCUT2D eigenvalue weighted by Crippen LogP contribution is 2.28. The van der Waals surface area contributed by atoms with Gasteiger partial charge in [0.05, 0.1) is 5.60 Å². The van der Waals surface area contributed by atoms with E-state index in [1.165, 1.54) is 16.3 Å². The van der Waals surface area contributed by atoms with Crippen molar-refractivity contribution in [3.05, 3.63) is 48.0 Å². The van der Waals surface area contributed by atoms with E-state index >= 15 is 0 Å². The average Bonchev–Trinajstić information content (AvgIpc) is 2.70. The lowest BCUT2D eigenvalue weighted by Gasteiger charge is -2.23. The van der Waals surface area contributed by atoms with E-state index in [0.29, 0.717) is 0 Å². The largest absolute Gasteiger partial charge is 0.388 e. The third-order valence-electron chi connectivity index (χ3n) is 3.92. The van der Waals surface area contributed by atoms with E-state index in [1.54, 1.807) is 0 Å². The average molecular weight is 241 g/mol. The molecule has 2 nitrogen and oxygen atoms in total. The van der Waals surface area contributed by atoms with Crippen LogP contribution in [-0.2, 0) is 6.42 Å². The van der Waals surface area contributed by atoms with Gasteiger partial charge in [-0.3, -0.25) is 0 Å². The van der Waals surface area contributed by atoms with Gasteiger partial charge in [0, 0.05) is 19.5 Å². The first-order valence-corrected chi connectivity index (χ1v) is 6.54. The minimum atomic E-state index is -0.557. The van der Waals surface area contributed by atoms with Crippen LogP contribution in [0.4, 0.5) is 0 Å². The summed E-state index contributed by atoms with van der Waals surface area (Å²) < 4.78 is 0. The molecule has 0 radical (unpaired) electrons. The molecule has 1 atom stereocenters. The Balaban J connectivity index is 1.95. The van der Waals surface area contributed by atoms with E-state index in [-0.39, 0.29) is 0 Å². The highest BCUT2D eigenvalue weighted by Gasteiger charge is 2.34. The van der Waals surface area contributed by atoms with Crippen molar-refractivity contribution in [2.45, 2.75) is 18.4 Å². The van der Waals surface area contributed by atoms with Crippen molar-refractivity contribution in [1.82, 2.24) is 4.90 Å². The van der Waals surface area contributed by atoms with Gasteiger partial charge in [-0.1, -0.05) is 42.5 Å². The minimum Gasteiger partial charge on any atom is -0.388 e. The summed E-state index contributed by atoms with van der Waals surface area (Å²) in [5.74, 6) is 0. The van der Waals surface area contributed by atoms with Crippen LogP contribution in [0.25, 0.3) is 10.8 Å². The molecule has 3 rings (SSSR count). The molecule has 1 aliphatic rings. The maximum Gasteiger partial charge on any atom is 0.0826 e. The molecule has 1 aliphatic heterocycles. The molecule has 1 fully saturated rings. The minimum absolute atomic E-state index is 0.557. The van der Waals surface area contributed by atoms with E-state index in [1.807, 2.05) is 0 Å². The molecule has 2 aromatic rings. The van der Waals surface area contributed by atoms with Crippen LogP contribution in [0.5, 0.6) is 0 Å². The third-order valence-corrected chi connectivity index (χ3v) is 3.92. The highest BCUT2D eigenvalue weighted by molar-refractivity contribution is 5.85. The van der Waals surface area contributed by atoms with Crippen molar-refractivity contribution in [3.8, 4) is 0 Å². The molecular weight excluding hydrogens is 222 g/mol. The molecule has 0 saturated carbocycles. The topological polar surface area (TPSA) is 23.5 Å². The Morgan fingerprint density at radius 1 is 1.17 bits per heavy atom. The molecule has 1 saturated heterocycles. The Morgan fingerprint density at radius 2 is 1.94 bits per heavy atom. The van der Waals surface area contributed by atoms with Crippen LogP contribution in [0.2, 0.25) is 0 Å². The van der Waals surface area contributed by atoms with E-state index in [2.05, 4.69) is 54.4 Å². The SMILES string of the molecule is CN1CCC(O)(Cc2cccc3ccccc23)C1.